The molecule has 6 nitrogen and oxygen atoms in total. The fourth-order valence-corrected chi connectivity index (χ4v) is 4.39. The molecule has 0 radical (unpaired) electrons. The Hall–Kier alpha value is -2.54. The maximum absolute atomic E-state index is 12.5. The first kappa shape index (κ1) is 20.2. The lowest BCUT2D eigenvalue weighted by Crippen LogP contribution is -2.40. The molecule has 1 amide bonds. The zero-order valence-corrected chi connectivity index (χ0v) is 17.0. The van der Waals surface area contributed by atoms with E-state index in [9.17, 15) is 13.2 Å². The van der Waals surface area contributed by atoms with Crippen LogP contribution in [0.15, 0.2) is 53.4 Å². The Bertz CT molecular complexity index is 918. The van der Waals surface area contributed by atoms with Gasteiger partial charge in [-0.3, -0.25) is 4.79 Å². The highest BCUT2D eigenvalue weighted by Gasteiger charge is 2.27. The molecule has 1 aliphatic rings. The fourth-order valence-electron chi connectivity index (χ4n) is 3.49. The van der Waals surface area contributed by atoms with E-state index in [1.54, 1.807) is 19.2 Å². The first-order chi connectivity index (χ1) is 13.4. The van der Waals surface area contributed by atoms with Crippen molar-refractivity contribution in [3.8, 4) is 5.75 Å². The zero-order chi connectivity index (χ0) is 20.1. The van der Waals surface area contributed by atoms with Crippen molar-refractivity contribution in [2.45, 2.75) is 24.3 Å². The van der Waals surface area contributed by atoms with Crippen LogP contribution in [0.2, 0.25) is 0 Å². The van der Waals surface area contributed by atoms with E-state index in [1.165, 1.54) is 6.26 Å². The molecule has 1 heterocycles. The van der Waals surface area contributed by atoms with Gasteiger partial charge in [-0.1, -0.05) is 24.3 Å². The number of ether oxygens (including phenoxy) is 1. The molecule has 0 aliphatic carbocycles. The average molecular weight is 403 g/mol. The molecule has 28 heavy (non-hydrogen) atoms. The Kier molecular flexibility index (Phi) is 6.24. The van der Waals surface area contributed by atoms with Crippen molar-refractivity contribution in [1.82, 2.24) is 5.32 Å². The molecule has 1 fully saturated rings. The number of nitrogens with zero attached hydrogens (tertiary/aromatic N) is 1. The van der Waals surface area contributed by atoms with Gasteiger partial charge >= 0.3 is 0 Å². The lowest BCUT2D eigenvalue weighted by atomic mass is 9.95. The first-order valence-corrected chi connectivity index (χ1v) is 11.2. The average Bonchev–Trinajstić information content (AvgIpc) is 2.72. The van der Waals surface area contributed by atoms with Crippen molar-refractivity contribution in [3.05, 3.63) is 54.1 Å². The number of carbonyl (C=O) groups is 1. The number of carbonyl (C=O) groups excluding carboxylic acids is 1. The van der Waals surface area contributed by atoms with Gasteiger partial charge in [-0.25, -0.2) is 8.42 Å². The lowest BCUT2D eigenvalue weighted by molar-refractivity contribution is -0.125. The Morgan fingerprint density at radius 1 is 1.11 bits per heavy atom. The molecular weight excluding hydrogens is 376 g/mol. The summed E-state index contributed by atoms with van der Waals surface area (Å²) in [6, 6.07) is 14.7. The molecule has 0 spiro atoms. The number of para-hydroxylation sites is 1. The molecule has 1 aliphatic heterocycles. The minimum absolute atomic E-state index is 0.0480. The number of anilines is 1. The van der Waals surface area contributed by atoms with E-state index in [2.05, 4.69) is 10.2 Å². The van der Waals surface area contributed by atoms with Crippen LogP contribution in [0.4, 0.5) is 5.69 Å². The molecule has 3 rings (SSSR count). The summed E-state index contributed by atoms with van der Waals surface area (Å²) < 4.78 is 29.2. The predicted octanol–water partition coefficient (Wildman–Crippen LogP) is 2.63. The van der Waals surface area contributed by atoms with E-state index in [0.717, 1.165) is 17.0 Å². The van der Waals surface area contributed by atoms with Crippen molar-refractivity contribution in [1.29, 1.82) is 0 Å². The number of piperidine rings is 1. The number of benzene rings is 2. The van der Waals surface area contributed by atoms with Crippen LogP contribution in [-0.4, -0.2) is 40.8 Å². The van der Waals surface area contributed by atoms with Crippen LogP contribution in [0.25, 0.3) is 0 Å². The van der Waals surface area contributed by atoms with Crippen molar-refractivity contribution in [2.75, 3.05) is 31.4 Å². The Morgan fingerprint density at radius 3 is 2.36 bits per heavy atom. The van der Waals surface area contributed by atoms with E-state index in [0.29, 0.717) is 37.4 Å². The Labute approximate surface area is 166 Å². The second kappa shape index (κ2) is 8.65. The van der Waals surface area contributed by atoms with Gasteiger partial charge in [0.2, 0.25) is 5.91 Å². The molecule has 1 N–H and O–H groups in total. The van der Waals surface area contributed by atoms with Gasteiger partial charge in [0, 0.05) is 31.8 Å². The summed E-state index contributed by atoms with van der Waals surface area (Å²) in [5.41, 5.74) is 1.75. The summed E-state index contributed by atoms with van der Waals surface area (Å²) >= 11 is 0. The first-order valence-electron chi connectivity index (χ1n) is 9.33. The number of hydrogen-bond acceptors (Lipinski definition) is 5. The van der Waals surface area contributed by atoms with Gasteiger partial charge in [0.15, 0.2) is 9.84 Å². The van der Waals surface area contributed by atoms with E-state index >= 15 is 0 Å². The smallest absolute Gasteiger partial charge is 0.223 e. The second-order valence-corrected chi connectivity index (χ2v) is 9.05. The van der Waals surface area contributed by atoms with Gasteiger partial charge in [0.25, 0.3) is 0 Å². The fraction of sp³-hybridized carbons (Fsp3) is 0.381. The molecule has 0 bridgehead atoms. The molecule has 0 saturated carbocycles. The molecule has 2 aromatic rings. The third-order valence-corrected chi connectivity index (χ3v) is 6.24. The van der Waals surface area contributed by atoms with Crippen molar-refractivity contribution in [2.24, 2.45) is 5.92 Å². The minimum atomic E-state index is -3.29. The minimum Gasteiger partial charge on any atom is -0.497 e. The lowest BCUT2D eigenvalue weighted by Gasteiger charge is -2.34. The normalized spacial score (nSPS) is 15.3. The molecule has 7 heteroatoms. The second-order valence-electron chi connectivity index (χ2n) is 7.07. The number of hydrogen-bond donors (Lipinski definition) is 1. The SMILES string of the molecule is COc1ccc(CNC(=O)C2CCN(c3ccccc3S(C)(=O)=O)CC2)cc1. The standard InChI is InChI=1S/C21H26N2O4S/c1-27-18-9-7-16(8-10-18)15-22-21(24)17-11-13-23(14-12-17)19-5-3-4-6-20(19)28(2,25)26/h3-10,17H,11-15H2,1-2H3,(H,22,24). The summed E-state index contributed by atoms with van der Waals surface area (Å²) in [5.74, 6) is 0.781. The maximum atomic E-state index is 12.5. The third kappa shape index (κ3) is 4.84. The highest BCUT2D eigenvalue weighted by molar-refractivity contribution is 7.90. The molecule has 150 valence electrons. The molecule has 0 aromatic heterocycles. The number of amides is 1. The Morgan fingerprint density at radius 2 is 1.75 bits per heavy atom. The summed E-state index contributed by atoms with van der Waals surface area (Å²) in [5, 5.41) is 3.00. The van der Waals surface area contributed by atoms with Gasteiger partial charge in [-0.2, -0.15) is 0 Å². The maximum Gasteiger partial charge on any atom is 0.223 e. The molecule has 1 saturated heterocycles. The number of rotatable bonds is 6. The monoisotopic (exact) mass is 402 g/mol. The van der Waals surface area contributed by atoms with Crippen LogP contribution in [-0.2, 0) is 21.2 Å². The van der Waals surface area contributed by atoms with Crippen molar-refractivity contribution < 1.29 is 17.9 Å². The molecule has 0 unspecified atom stereocenters. The van der Waals surface area contributed by atoms with E-state index in [4.69, 9.17) is 4.74 Å². The van der Waals surface area contributed by atoms with Crippen molar-refractivity contribution >= 4 is 21.4 Å². The number of methoxy groups -OCH3 is 1. The summed E-state index contributed by atoms with van der Waals surface area (Å²) in [7, 11) is -1.66. The van der Waals surface area contributed by atoms with Crippen LogP contribution in [0.5, 0.6) is 5.75 Å². The van der Waals surface area contributed by atoms with Gasteiger partial charge < -0.3 is 15.0 Å². The van der Waals surface area contributed by atoms with Crippen molar-refractivity contribution in [3.63, 3.8) is 0 Å². The van der Waals surface area contributed by atoms with E-state index < -0.39 is 9.84 Å². The number of nitrogens with one attached hydrogen (secondary N) is 1. The largest absolute Gasteiger partial charge is 0.497 e. The zero-order valence-electron chi connectivity index (χ0n) is 16.2. The van der Waals surface area contributed by atoms with Gasteiger partial charge in [-0.05, 0) is 42.7 Å². The highest BCUT2D eigenvalue weighted by atomic mass is 32.2. The van der Waals surface area contributed by atoms with Crippen LogP contribution in [0.3, 0.4) is 0 Å². The Balaban J connectivity index is 1.56. The van der Waals surface area contributed by atoms with Gasteiger partial charge in [0.1, 0.15) is 5.75 Å². The molecule has 0 atom stereocenters. The van der Waals surface area contributed by atoms with Crippen LogP contribution < -0.4 is 15.0 Å². The highest BCUT2D eigenvalue weighted by Crippen LogP contribution is 2.29. The van der Waals surface area contributed by atoms with Crippen LogP contribution in [0, 0.1) is 5.92 Å². The van der Waals surface area contributed by atoms with Gasteiger partial charge in [0.05, 0.1) is 17.7 Å². The summed E-state index contributed by atoms with van der Waals surface area (Å²) in [4.78, 5) is 14.9. The van der Waals surface area contributed by atoms with Crippen LogP contribution >= 0.6 is 0 Å². The topological polar surface area (TPSA) is 75.7 Å². The number of sulfone groups is 1. The predicted molar refractivity (Wildman–Crippen MR) is 109 cm³/mol. The molecule has 2 aromatic carbocycles. The van der Waals surface area contributed by atoms with Crippen LogP contribution in [0.1, 0.15) is 18.4 Å². The quantitative estimate of drug-likeness (QED) is 0.804. The third-order valence-electron chi connectivity index (χ3n) is 5.10. The summed E-state index contributed by atoms with van der Waals surface area (Å²) in [6.07, 6.45) is 2.63. The van der Waals surface area contributed by atoms with E-state index in [1.807, 2.05) is 36.4 Å². The van der Waals surface area contributed by atoms with Gasteiger partial charge in [-0.15, -0.1) is 0 Å². The molecular formula is C21H26N2O4S. The summed E-state index contributed by atoms with van der Waals surface area (Å²) in [6.45, 7) is 1.81. The van der Waals surface area contributed by atoms with E-state index in [-0.39, 0.29) is 11.8 Å².